The van der Waals surface area contributed by atoms with E-state index in [9.17, 15) is 14.4 Å². The maximum Gasteiger partial charge on any atom is 0.414 e. The van der Waals surface area contributed by atoms with Gasteiger partial charge in [-0.2, -0.15) is 0 Å². The Labute approximate surface area is 172 Å². The van der Waals surface area contributed by atoms with Gasteiger partial charge in [0.05, 0.1) is 22.8 Å². The van der Waals surface area contributed by atoms with Gasteiger partial charge in [0.15, 0.2) is 0 Å². The summed E-state index contributed by atoms with van der Waals surface area (Å²) in [4.78, 5) is 38.3. The number of rotatable bonds is 4. The molecule has 1 aromatic carbocycles. The molecule has 1 aliphatic rings. The van der Waals surface area contributed by atoms with Gasteiger partial charge in [-0.05, 0) is 50.3 Å². The van der Waals surface area contributed by atoms with Crippen LogP contribution in [0.3, 0.4) is 0 Å². The van der Waals surface area contributed by atoms with Gasteiger partial charge in [-0.15, -0.1) is 11.3 Å². The number of ether oxygens (including phenoxy) is 1. The third kappa shape index (κ3) is 4.54. The number of hydrogen-bond acceptors (Lipinski definition) is 5. The van der Waals surface area contributed by atoms with Crippen LogP contribution < -0.4 is 10.6 Å². The summed E-state index contributed by atoms with van der Waals surface area (Å²) in [7, 11) is 0. The van der Waals surface area contributed by atoms with E-state index >= 15 is 0 Å². The predicted octanol–water partition coefficient (Wildman–Crippen LogP) is 4.81. The van der Waals surface area contributed by atoms with Crippen LogP contribution in [0.25, 0.3) is 0 Å². The number of aryl methyl sites for hydroxylation is 1. The molecule has 8 heteroatoms. The molecule has 6 nitrogen and oxygen atoms in total. The van der Waals surface area contributed by atoms with Crippen molar-refractivity contribution in [3.05, 3.63) is 50.9 Å². The summed E-state index contributed by atoms with van der Waals surface area (Å²) in [6.07, 6.45) is 3.86. The second-order valence-electron chi connectivity index (χ2n) is 6.38. The summed E-state index contributed by atoms with van der Waals surface area (Å²) < 4.78 is 4.81. The fraction of sp³-hybridized carbons (Fsp3) is 0.350. The average molecular weight is 421 g/mol. The fourth-order valence-electron chi connectivity index (χ4n) is 3.21. The molecule has 3 amide bonds. The minimum Gasteiger partial charge on any atom is -0.450 e. The van der Waals surface area contributed by atoms with E-state index in [0.29, 0.717) is 21.2 Å². The number of anilines is 1. The monoisotopic (exact) mass is 420 g/mol. The molecular formula is C20H21ClN2O4S. The van der Waals surface area contributed by atoms with E-state index in [1.165, 1.54) is 11.3 Å². The molecule has 3 rings (SSSR count). The lowest BCUT2D eigenvalue weighted by Crippen LogP contribution is -2.32. The maximum absolute atomic E-state index is 12.8. The molecule has 0 aliphatic heterocycles. The molecule has 0 radical (unpaired) electrons. The first-order chi connectivity index (χ1) is 13.5. The molecule has 0 atom stereocenters. The highest BCUT2D eigenvalue weighted by Crippen LogP contribution is 2.38. The van der Waals surface area contributed by atoms with Gasteiger partial charge < -0.3 is 10.1 Å². The molecule has 0 unspecified atom stereocenters. The largest absolute Gasteiger partial charge is 0.450 e. The summed E-state index contributed by atoms with van der Waals surface area (Å²) in [5, 5.41) is 5.82. The van der Waals surface area contributed by atoms with Crippen LogP contribution in [-0.4, -0.2) is 24.5 Å². The Morgan fingerprint density at radius 1 is 1.11 bits per heavy atom. The van der Waals surface area contributed by atoms with Crippen LogP contribution in [0.2, 0.25) is 5.02 Å². The van der Waals surface area contributed by atoms with Gasteiger partial charge in [-0.3, -0.25) is 14.9 Å². The van der Waals surface area contributed by atoms with Crippen molar-refractivity contribution in [3.8, 4) is 0 Å². The lowest BCUT2D eigenvalue weighted by Gasteiger charge is -2.10. The molecule has 1 heterocycles. The van der Waals surface area contributed by atoms with Crippen LogP contribution in [0.1, 0.15) is 57.3 Å². The Morgan fingerprint density at radius 2 is 1.86 bits per heavy atom. The standard InChI is InChI=1S/C20H21ClN2O4S/c1-2-27-20(26)23-18(25)16-13-9-4-3-5-11-15(13)28-19(16)22-17(24)12-8-6-7-10-14(12)21/h6-8,10H,2-5,9,11H2,1H3,(H,22,24)(H,23,25,26). The van der Waals surface area contributed by atoms with Crippen molar-refractivity contribution in [1.29, 1.82) is 0 Å². The third-order valence-corrected chi connectivity index (χ3v) is 6.02. The van der Waals surface area contributed by atoms with Crippen LogP contribution in [-0.2, 0) is 17.6 Å². The minimum atomic E-state index is -0.801. The van der Waals surface area contributed by atoms with E-state index in [2.05, 4.69) is 10.6 Å². The number of fused-ring (bicyclic) bond motifs is 1. The number of carbonyl (C=O) groups is 3. The lowest BCUT2D eigenvalue weighted by atomic mass is 10.0. The highest BCUT2D eigenvalue weighted by Gasteiger charge is 2.27. The number of benzene rings is 1. The molecule has 2 N–H and O–H groups in total. The minimum absolute atomic E-state index is 0.164. The van der Waals surface area contributed by atoms with Gasteiger partial charge in [-0.25, -0.2) is 4.79 Å². The van der Waals surface area contributed by atoms with Gasteiger partial charge >= 0.3 is 6.09 Å². The molecule has 148 valence electrons. The van der Waals surface area contributed by atoms with E-state index in [-0.39, 0.29) is 6.61 Å². The molecular weight excluding hydrogens is 400 g/mol. The Balaban J connectivity index is 1.93. The van der Waals surface area contributed by atoms with Crippen LogP contribution in [0.15, 0.2) is 24.3 Å². The normalized spacial score (nSPS) is 13.2. The molecule has 0 bridgehead atoms. The highest BCUT2D eigenvalue weighted by molar-refractivity contribution is 7.17. The van der Waals surface area contributed by atoms with Crippen molar-refractivity contribution in [1.82, 2.24) is 5.32 Å². The summed E-state index contributed by atoms with van der Waals surface area (Å²) in [5.41, 5.74) is 1.57. The zero-order chi connectivity index (χ0) is 20.1. The number of carbonyl (C=O) groups excluding carboxylic acids is 3. The Kier molecular flexibility index (Phi) is 6.70. The van der Waals surface area contributed by atoms with Crippen LogP contribution in [0.4, 0.5) is 9.80 Å². The lowest BCUT2D eigenvalue weighted by molar-refractivity contribution is 0.0925. The summed E-state index contributed by atoms with van der Waals surface area (Å²) in [6, 6.07) is 6.71. The molecule has 28 heavy (non-hydrogen) atoms. The molecule has 0 saturated heterocycles. The van der Waals surface area contributed by atoms with E-state index < -0.39 is 17.9 Å². The van der Waals surface area contributed by atoms with Crippen LogP contribution >= 0.6 is 22.9 Å². The molecule has 1 aromatic heterocycles. The predicted molar refractivity (Wildman–Crippen MR) is 109 cm³/mol. The summed E-state index contributed by atoms with van der Waals surface area (Å²) in [5.74, 6) is -0.959. The van der Waals surface area contributed by atoms with Gasteiger partial charge in [-0.1, -0.05) is 30.2 Å². The number of hydrogen-bond donors (Lipinski definition) is 2. The van der Waals surface area contributed by atoms with E-state index in [1.54, 1.807) is 31.2 Å². The number of imide groups is 1. The third-order valence-electron chi connectivity index (χ3n) is 4.48. The zero-order valence-corrected chi connectivity index (χ0v) is 17.0. The maximum atomic E-state index is 12.8. The molecule has 0 saturated carbocycles. The molecule has 1 aliphatic carbocycles. The Hall–Kier alpha value is -2.38. The number of alkyl carbamates (subject to hydrolysis) is 1. The molecule has 2 aromatic rings. The van der Waals surface area contributed by atoms with Gasteiger partial charge in [0.25, 0.3) is 11.8 Å². The first-order valence-electron chi connectivity index (χ1n) is 9.19. The Morgan fingerprint density at radius 3 is 2.61 bits per heavy atom. The quantitative estimate of drug-likeness (QED) is 0.695. The van der Waals surface area contributed by atoms with Crippen LogP contribution in [0.5, 0.6) is 0 Å². The summed E-state index contributed by atoms with van der Waals surface area (Å²) >= 11 is 7.50. The van der Waals surface area contributed by atoms with Gasteiger partial charge in [0.2, 0.25) is 0 Å². The first-order valence-corrected chi connectivity index (χ1v) is 10.4. The van der Waals surface area contributed by atoms with Crippen molar-refractivity contribution in [2.45, 2.75) is 39.0 Å². The fourth-order valence-corrected chi connectivity index (χ4v) is 4.71. The SMILES string of the molecule is CCOC(=O)NC(=O)c1c(NC(=O)c2ccccc2Cl)sc2c1CCCCC2. The van der Waals surface area contributed by atoms with Crippen molar-refractivity contribution in [2.75, 3.05) is 11.9 Å². The van der Waals surface area contributed by atoms with Crippen molar-refractivity contribution in [2.24, 2.45) is 0 Å². The summed E-state index contributed by atoms with van der Waals surface area (Å²) in [6.45, 7) is 1.83. The Bertz CT molecular complexity index is 910. The second-order valence-corrected chi connectivity index (χ2v) is 7.89. The van der Waals surface area contributed by atoms with E-state index in [1.807, 2.05) is 0 Å². The first kappa shape index (κ1) is 20.4. The highest BCUT2D eigenvalue weighted by atomic mass is 35.5. The van der Waals surface area contributed by atoms with Crippen molar-refractivity contribution in [3.63, 3.8) is 0 Å². The molecule has 0 spiro atoms. The van der Waals surface area contributed by atoms with E-state index in [0.717, 1.165) is 42.5 Å². The zero-order valence-electron chi connectivity index (χ0n) is 15.5. The number of nitrogens with one attached hydrogen (secondary N) is 2. The topological polar surface area (TPSA) is 84.5 Å². The number of amides is 3. The molecule has 0 fully saturated rings. The van der Waals surface area contributed by atoms with E-state index in [4.69, 9.17) is 16.3 Å². The number of thiophene rings is 1. The van der Waals surface area contributed by atoms with Gasteiger partial charge in [0, 0.05) is 4.88 Å². The van der Waals surface area contributed by atoms with Gasteiger partial charge in [0.1, 0.15) is 5.00 Å². The number of halogens is 1. The van der Waals surface area contributed by atoms with Crippen molar-refractivity contribution < 1.29 is 19.1 Å². The average Bonchev–Trinajstić information content (AvgIpc) is 2.82. The van der Waals surface area contributed by atoms with Crippen LogP contribution in [0, 0.1) is 0 Å². The van der Waals surface area contributed by atoms with Crippen molar-refractivity contribution >= 4 is 45.8 Å². The smallest absolute Gasteiger partial charge is 0.414 e. The second kappa shape index (κ2) is 9.21.